The topological polar surface area (TPSA) is 71.8 Å². The van der Waals surface area contributed by atoms with Crippen molar-refractivity contribution >= 4 is 12.0 Å². The van der Waals surface area contributed by atoms with Crippen LogP contribution in [-0.4, -0.2) is 37.6 Å². The second-order valence-electron chi connectivity index (χ2n) is 4.62. The minimum Gasteiger partial charge on any atom is -0.465 e. The van der Waals surface area contributed by atoms with Gasteiger partial charge in [0.05, 0.1) is 13.7 Å². The largest absolute Gasteiger partial charge is 0.465 e. The number of aryl methyl sites for hydroxylation is 1. The summed E-state index contributed by atoms with van der Waals surface area (Å²) in [6, 6.07) is 1.45. The number of methoxy groups -OCH3 is 1. The van der Waals surface area contributed by atoms with Gasteiger partial charge in [-0.25, -0.2) is 9.59 Å². The maximum Gasteiger partial charge on any atom is 0.341 e. The van der Waals surface area contributed by atoms with Crippen LogP contribution in [-0.2, 0) is 11.3 Å². The van der Waals surface area contributed by atoms with Crippen molar-refractivity contribution < 1.29 is 18.7 Å². The number of esters is 1. The van der Waals surface area contributed by atoms with Crippen molar-refractivity contribution in [1.29, 1.82) is 0 Å². The fraction of sp³-hybridized carbons (Fsp3) is 0.571. The minimum absolute atomic E-state index is 0.160. The smallest absolute Gasteiger partial charge is 0.341 e. The van der Waals surface area contributed by atoms with Crippen molar-refractivity contribution in [3.05, 3.63) is 23.2 Å². The molecule has 0 aliphatic carbocycles. The summed E-state index contributed by atoms with van der Waals surface area (Å²) in [7, 11) is 3.00. The van der Waals surface area contributed by atoms with E-state index >= 15 is 0 Å². The van der Waals surface area contributed by atoms with Gasteiger partial charge in [-0.3, -0.25) is 0 Å². The zero-order valence-corrected chi connectivity index (χ0v) is 12.5. The molecular formula is C14H22N2O4. The van der Waals surface area contributed by atoms with E-state index in [2.05, 4.69) is 17.0 Å². The molecule has 1 heterocycles. The van der Waals surface area contributed by atoms with Crippen molar-refractivity contribution in [3.8, 4) is 0 Å². The van der Waals surface area contributed by atoms with Gasteiger partial charge in [0.2, 0.25) is 0 Å². The Morgan fingerprint density at radius 1 is 1.45 bits per heavy atom. The van der Waals surface area contributed by atoms with Gasteiger partial charge >= 0.3 is 12.0 Å². The van der Waals surface area contributed by atoms with Crippen LogP contribution >= 0.6 is 0 Å². The molecule has 0 spiro atoms. The van der Waals surface area contributed by atoms with Crippen LogP contribution in [0.15, 0.2) is 10.5 Å². The Balaban J connectivity index is 2.60. The number of unbranched alkanes of at least 4 members (excludes halogenated alkanes) is 1. The number of carbonyl (C=O) groups excluding carboxylic acids is 2. The molecule has 20 heavy (non-hydrogen) atoms. The first-order chi connectivity index (χ1) is 9.49. The first kappa shape index (κ1) is 16.1. The van der Waals surface area contributed by atoms with Crippen molar-refractivity contribution in [2.75, 3.05) is 20.7 Å². The Hall–Kier alpha value is -1.98. The zero-order valence-electron chi connectivity index (χ0n) is 12.5. The van der Waals surface area contributed by atoms with Gasteiger partial charge in [-0.1, -0.05) is 13.3 Å². The molecule has 1 aromatic rings. The molecule has 0 aromatic carbocycles. The van der Waals surface area contributed by atoms with Crippen LogP contribution in [0.4, 0.5) is 4.79 Å². The van der Waals surface area contributed by atoms with E-state index in [1.807, 2.05) is 0 Å². The lowest BCUT2D eigenvalue weighted by Crippen LogP contribution is -2.37. The fourth-order valence-electron chi connectivity index (χ4n) is 1.75. The number of urea groups is 1. The van der Waals surface area contributed by atoms with Crippen LogP contribution in [0, 0.1) is 6.92 Å². The van der Waals surface area contributed by atoms with Crippen LogP contribution in [0.25, 0.3) is 0 Å². The third-order valence-electron chi connectivity index (χ3n) is 2.92. The van der Waals surface area contributed by atoms with Gasteiger partial charge in [0, 0.05) is 13.6 Å². The molecule has 0 saturated carbocycles. The highest BCUT2D eigenvalue weighted by Gasteiger charge is 2.17. The van der Waals surface area contributed by atoms with Gasteiger partial charge in [-0.15, -0.1) is 0 Å². The van der Waals surface area contributed by atoms with Crippen LogP contribution < -0.4 is 5.32 Å². The molecular weight excluding hydrogens is 260 g/mol. The first-order valence-corrected chi connectivity index (χ1v) is 6.66. The number of nitrogens with zero attached hydrogens (tertiary/aromatic N) is 1. The van der Waals surface area contributed by atoms with Gasteiger partial charge in [0.15, 0.2) is 0 Å². The fourth-order valence-corrected chi connectivity index (χ4v) is 1.75. The standard InChI is InChI=1S/C14H22N2O4/c1-5-6-7-15-14(18)16(3)9-11-8-12(10(2)20-11)13(17)19-4/h8H,5-7,9H2,1-4H3,(H,15,18). The lowest BCUT2D eigenvalue weighted by molar-refractivity contribution is 0.0598. The van der Waals surface area contributed by atoms with Gasteiger partial charge in [-0.05, 0) is 19.4 Å². The van der Waals surface area contributed by atoms with E-state index in [0.717, 1.165) is 12.8 Å². The Morgan fingerprint density at radius 2 is 2.15 bits per heavy atom. The van der Waals surface area contributed by atoms with Crippen LogP contribution in [0.5, 0.6) is 0 Å². The van der Waals surface area contributed by atoms with Crippen molar-refractivity contribution in [2.45, 2.75) is 33.2 Å². The molecule has 0 atom stereocenters. The molecule has 1 N–H and O–H groups in total. The molecule has 0 saturated heterocycles. The predicted octanol–water partition coefficient (Wildman–Crippen LogP) is 2.32. The summed E-state index contributed by atoms with van der Waals surface area (Å²) >= 11 is 0. The Bertz CT molecular complexity index is 468. The SMILES string of the molecule is CCCCNC(=O)N(C)Cc1cc(C(=O)OC)c(C)o1. The van der Waals surface area contributed by atoms with Crippen molar-refractivity contribution in [1.82, 2.24) is 10.2 Å². The highest BCUT2D eigenvalue weighted by atomic mass is 16.5. The second-order valence-corrected chi connectivity index (χ2v) is 4.62. The summed E-state index contributed by atoms with van der Waals surface area (Å²) in [5, 5.41) is 2.81. The van der Waals surface area contributed by atoms with E-state index in [1.165, 1.54) is 12.0 Å². The van der Waals surface area contributed by atoms with Gasteiger partial charge in [0.1, 0.15) is 17.1 Å². The van der Waals surface area contributed by atoms with E-state index in [0.29, 0.717) is 30.2 Å². The van der Waals surface area contributed by atoms with Crippen LogP contribution in [0.3, 0.4) is 0 Å². The van der Waals surface area contributed by atoms with E-state index in [-0.39, 0.29) is 6.03 Å². The van der Waals surface area contributed by atoms with E-state index < -0.39 is 5.97 Å². The summed E-state index contributed by atoms with van der Waals surface area (Å²) in [6.45, 7) is 4.72. The molecule has 6 nitrogen and oxygen atoms in total. The van der Waals surface area contributed by atoms with Gasteiger partial charge in [0.25, 0.3) is 0 Å². The number of carbonyl (C=O) groups is 2. The lowest BCUT2D eigenvalue weighted by Gasteiger charge is -2.16. The summed E-state index contributed by atoms with van der Waals surface area (Å²) in [4.78, 5) is 24.8. The highest BCUT2D eigenvalue weighted by molar-refractivity contribution is 5.90. The number of hydrogen-bond acceptors (Lipinski definition) is 4. The summed E-state index contributed by atoms with van der Waals surface area (Å²) in [5.74, 6) is 0.607. The lowest BCUT2D eigenvalue weighted by atomic mass is 10.2. The minimum atomic E-state index is -0.437. The Morgan fingerprint density at radius 3 is 2.75 bits per heavy atom. The monoisotopic (exact) mass is 282 g/mol. The molecule has 112 valence electrons. The third kappa shape index (κ3) is 4.29. The molecule has 2 amide bonds. The first-order valence-electron chi connectivity index (χ1n) is 6.66. The molecule has 1 rings (SSSR count). The molecule has 0 aliphatic rings. The number of amides is 2. The molecule has 0 bridgehead atoms. The Labute approximate surface area is 119 Å². The van der Waals surface area contributed by atoms with Crippen molar-refractivity contribution in [2.24, 2.45) is 0 Å². The van der Waals surface area contributed by atoms with E-state index in [9.17, 15) is 9.59 Å². The number of hydrogen-bond donors (Lipinski definition) is 1. The molecule has 1 aromatic heterocycles. The normalized spacial score (nSPS) is 10.2. The number of rotatable bonds is 6. The maximum absolute atomic E-state index is 11.8. The van der Waals surface area contributed by atoms with E-state index in [1.54, 1.807) is 20.0 Å². The summed E-state index contributed by atoms with van der Waals surface area (Å²) < 4.78 is 10.1. The summed E-state index contributed by atoms with van der Waals surface area (Å²) in [6.07, 6.45) is 1.98. The molecule has 0 fully saturated rings. The van der Waals surface area contributed by atoms with Crippen LogP contribution in [0.2, 0.25) is 0 Å². The Kier molecular flexibility index (Phi) is 6.09. The van der Waals surface area contributed by atoms with Crippen LogP contribution in [0.1, 0.15) is 41.6 Å². The summed E-state index contributed by atoms with van der Waals surface area (Å²) in [5.41, 5.74) is 0.391. The number of ether oxygens (including phenoxy) is 1. The van der Waals surface area contributed by atoms with E-state index in [4.69, 9.17) is 4.42 Å². The second kappa shape index (κ2) is 7.57. The molecule has 0 radical (unpaired) electrons. The zero-order chi connectivity index (χ0) is 15.1. The third-order valence-corrected chi connectivity index (χ3v) is 2.92. The average molecular weight is 282 g/mol. The number of nitrogens with one attached hydrogen (secondary N) is 1. The van der Waals surface area contributed by atoms with Gasteiger partial charge < -0.3 is 19.4 Å². The molecule has 6 heteroatoms. The molecule has 0 aliphatic heterocycles. The number of furan rings is 1. The highest BCUT2D eigenvalue weighted by Crippen LogP contribution is 2.16. The quantitative estimate of drug-likeness (QED) is 0.642. The molecule has 0 unspecified atom stereocenters. The maximum atomic E-state index is 11.8. The predicted molar refractivity (Wildman–Crippen MR) is 74.6 cm³/mol. The van der Waals surface area contributed by atoms with Gasteiger partial charge in [-0.2, -0.15) is 0 Å². The van der Waals surface area contributed by atoms with Crippen molar-refractivity contribution in [3.63, 3.8) is 0 Å². The average Bonchev–Trinajstić information content (AvgIpc) is 2.78.